The van der Waals surface area contributed by atoms with Crippen molar-refractivity contribution in [3.8, 4) is 0 Å². The van der Waals surface area contributed by atoms with Crippen LogP contribution in [-0.4, -0.2) is 46.3 Å². The number of aryl methyl sites for hydroxylation is 2. The van der Waals surface area contributed by atoms with E-state index in [0.29, 0.717) is 19.5 Å². The average Bonchev–Trinajstić information content (AvgIpc) is 3.10. The molecule has 0 radical (unpaired) electrons. The highest BCUT2D eigenvalue weighted by atomic mass is 16.2. The van der Waals surface area contributed by atoms with Gasteiger partial charge in [-0.05, 0) is 38.2 Å². The summed E-state index contributed by atoms with van der Waals surface area (Å²) in [6.45, 7) is 8.00. The molecule has 2 aliphatic rings. The van der Waals surface area contributed by atoms with Crippen molar-refractivity contribution in [2.45, 2.75) is 58.8 Å². The minimum absolute atomic E-state index is 0.000785. The second-order valence-corrected chi connectivity index (χ2v) is 9.06. The van der Waals surface area contributed by atoms with Crippen molar-refractivity contribution >= 4 is 17.6 Å². The maximum Gasteiger partial charge on any atom is 0.232 e. The third-order valence-corrected chi connectivity index (χ3v) is 6.38. The second kappa shape index (κ2) is 9.16. The van der Waals surface area contributed by atoms with Gasteiger partial charge in [-0.3, -0.25) is 14.5 Å². The topological polar surface area (TPSA) is 66.4 Å². The minimum atomic E-state index is -0.000785. The molecule has 0 spiro atoms. The van der Waals surface area contributed by atoms with E-state index in [2.05, 4.69) is 12.1 Å². The van der Waals surface area contributed by atoms with Gasteiger partial charge in [0.2, 0.25) is 11.8 Å². The van der Waals surface area contributed by atoms with Crippen LogP contribution in [0.15, 0.2) is 30.3 Å². The summed E-state index contributed by atoms with van der Waals surface area (Å²) in [5.41, 5.74) is 3.14. The smallest absolute Gasteiger partial charge is 0.232 e. The zero-order chi connectivity index (χ0) is 22.0. The number of likely N-dealkylation sites (tertiary alicyclic amines) is 1. The Kier molecular flexibility index (Phi) is 6.35. The Morgan fingerprint density at radius 1 is 1.19 bits per heavy atom. The first kappa shape index (κ1) is 21.5. The summed E-state index contributed by atoms with van der Waals surface area (Å²) in [6, 6.07) is 10.4. The number of carbonyl (C=O) groups is 2. The van der Waals surface area contributed by atoms with E-state index in [1.54, 1.807) is 0 Å². The van der Waals surface area contributed by atoms with Gasteiger partial charge < -0.3 is 4.90 Å². The van der Waals surface area contributed by atoms with Crippen LogP contribution in [0.2, 0.25) is 0 Å². The lowest BCUT2D eigenvalue weighted by Crippen LogP contribution is -2.41. The summed E-state index contributed by atoms with van der Waals surface area (Å²) in [6.07, 6.45) is 4.15. The predicted octanol–water partition coefficient (Wildman–Crippen LogP) is 3.67. The predicted molar refractivity (Wildman–Crippen MR) is 121 cm³/mol. The van der Waals surface area contributed by atoms with E-state index in [1.807, 2.05) is 48.8 Å². The molecule has 31 heavy (non-hydrogen) atoms. The van der Waals surface area contributed by atoms with Crippen molar-refractivity contribution < 1.29 is 9.59 Å². The third kappa shape index (κ3) is 4.63. The van der Waals surface area contributed by atoms with Crippen LogP contribution in [0.25, 0.3) is 0 Å². The van der Waals surface area contributed by atoms with E-state index in [0.717, 1.165) is 55.1 Å². The number of carbonyl (C=O) groups excluding carboxylic acids is 2. The van der Waals surface area contributed by atoms with Crippen molar-refractivity contribution in [1.82, 2.24) is 14.9 Å². The number of piperidine rings is 1. The Morgan fingerprint density at radius 3 is 2.71 bits per heavy atom. The summed E-state index contributed by atoms with van der Waals surface area (Å²) in [5, 5.41) is 0. The van der Waals surface area contributed by atoms with Crippen LogP contribution in [0, 0.1) is 12.8 Å². The Morgan fingerprint density at radius 2 is 1.97 bits per heavy atom. The molecule has 2 aliphatic heterocycles. The molecule has 4 rings (SSSR count). The van der Waals surface area contributed by atoms with E-state index in [1.165, 1.54) is 5.56 Å². The number of aromatic nitrogens is 2. The minimum Gasteiger partial charge on any atom is -0.342 e. The number of nitrogens with zero attached hydrogens (tertiary/aromatic N) is 4. The molecule has 0 saturated carbocycles. The monoisotopic (exact) mass is 420 g/mol. The molecular weight excluding hydrogens is 388 g/mol. The molecule has 3 heterocycles. The van der Waals surface area contributed by atoms with E-state index in [9.17, 15) is 9.59 Å². The molecule has 1 atom stereocenters. The average molecular weight is 421 g/mol. The first-order valence-electron chi connectivity index (χ1n) is 11.4. The molecule has 2 aromatic rings. The van der Waals surface area contributed by atoms with Crippen LogP contribution in [0.3, 0.4) is 0 Å². The summed E-state index contributed by atoms with van der Waals surface area (Å²) < 4.78 is 0. The Balaban J connectivity index is 1.50. The second-order valence-electron chi connectivity index (χ2n) is 9.06. The summed E-state index contributed by atoms with van der Waals surface area (Å²) in [4.78, 5) is 38.7. The van der Waals surface area contributed by atoms with Gasteiger partial charge in [0.1, 0.15) is 11.6 Å². The van der Waals surface area contributed by atoms with E-state index >= 15 is 0 Å². The molecule has 6 heteroatoms. The molecule has 0 N–H and O–H groups in total. The number of rotatable bonds is 6. The van der Waals surface area contributed by atoms with E-state index in [4.69, 9.17) is 9.97 Å². The fourth-order valence-corrected chi connectivity index (χ4v) is 4.65. The Hall–Kier alpha value is -2.76. The van der Waals surface area contributed by atoms with Crippen LogP contribution in [0.4, 0.5) is 5.82 Å². The van der Waals surface area contributed by atoms with Gasteiger partial charge in [0.15, 0.2) is 0 Å². The van der Waals surface area contributed by atoms with Crippen LogP contribution in [0.1, 0.15) is 61.7 Å². The lowest BCUT2D eigenvalue weighted by atomic mass is 9.95. The summed E-state index contributed by atoms with van der Waals surface area (Å²) >= 11 is 0. The molecule has 1 unspecified atom stereocenters. The van der Waals surface area contributed by atoms with E-state index in [-0.39, 0.29) is 23.7 Å². The van der Waals surface area contributed by atoms with Crippen molar-refractivity contribution in [2.24, 2.45) is 5.92 Å². The van der Waals surface area contributed by atoms with Gasteiger partial charge in [-0.25, -0.2) is 9.97 Å². The van der Waals surface area contributed by atoms with Crippen LogP contribution in [-0.2, 0) is 22.4 Å². The maximum atomic E-state index is 12.7. The normalized spacial score (nSPS) is 18.6. The Labute approximate surface area is 184 Å². The van der Waals surface area contributed by atoms with Gasteiger partial charge >= 0.3 is 0 Å². The number of hydrogen-bond donors (Lipinski definition) is 0. The van der Waals surface area contributed by atoms with Crippen molar-refractivity contribution in [2.75, 3.05) is 24.5 Å². The zero-order valence-electron chi connectivity index (χ0n) is 18.8. The van der Waals surface area contributed by atoms with Crippen molar-refractivity contribution in [3.05, 3.63) is 53.0 Å². The van der Waals surface area contributed by atoms with Crippen LogP contribution in [0.5, 0.6) is 0 Å². The third-order valence-electron chi connectivity index (χ3n) is 6.38. The quantitative estimate of drug-likeness (QED) is 0.715. The van der Waals surface area contributed by atoms with Gasteiger partial charge in [-0.15, -0.1) is 0 Å². The van der Waals surface area contributed by atoms with Crippen LogP contribution >= 0.6 is 0 Å². The maximum absolute atomic E-state index is 12.7. The molecule has 0 aliphatic carbocycles. The van der Waals surface area contributed by atoms with Gasteiger partial charge in [0.25, 0.3) is 0 Å². The molecule has 1 fully saturated rings. The van der Waals surface area contributed by atoms with Gasteiger partial charge in [-0.2, -0.15) is 0 Å². The van der Waals surface area contributed by atoms with Gasteiger partial charge in [-0.1, -0.05) is 44.2 Å². The lowest BCUT2D eigenvalue weighted by molar-refractivity contribution is -0.135. The largest absolute Gasteiger partial charge is 0.342 e. The standard InChI is InChI=1S/C25H32N4O2/c1-17(2)25(31)28-13-8-12-20(16-28)23-26-18(3)21-15-22(30)29(24(21)27-23)14-7-11-19-9-5-4-6-10-19/h4-6,9-10,17,20H,7-8,11-16H2,1-3H3. The summed E-state index contributed by atoms with van der Waals surface area (Å²) in [5.74, 6) is 1.99. The van der Waals surface area contributed by atoms with Gasteiger partial charge in [0.05, 0.1) is 6.42 Å². The number of benzene rings is 1. The molecule has 0 bridgehead atoms. The summed E-state index contributed by atoms with van der Waals surface area (Å²) in [7, 11) is 0. The van der Waals surface area contributed by atoms with E-state index < -0.39 is 0 Å². The van der Waals surface area contributed by atoms with Gasteiger partial charge in [0, 0.05) is 42.7 Å². The number of amides is 2. The molecule has 1 saturated heterocycles. The molecular formula is C25H32N4O2. The first-order valence-corrected chi connectivity index (χ1v) is 11.4. The molecule has 1 aromatic carbocycles. The number of anilines is 1. The fourth-order valence-electron chi connectivity index (χ4n) is 4.65. The SMILES string of the molecule is Cc1nc(C2CCCN(C(=O)C(C)C)C2)nc2c1CC(=O)N2CCCc1ccccc1. The number of fused-ring (bicyclic) bond motifs is 1. The first-order chi connectivity index (χ1) is 14.9. The van der Waals surface area contributed by atoms with Crippen molar-refractivity contribution in [3.63, 3.8) is 0 Å². The Bertz CT molecular complexity index is 957. The number of hydrogen-bond acceptors (Lipinski definition) is 4. The lowest BCUT2D eigenvalue weighted by Gasteiger charge is -2.33. The van der Waals surface area contributed by atoms with Crippen molar-refractivity contribution in [1.29, 1.82) is 0 Å². The molecule has 6 nitrogen and oxygen atoms in total. The zero-order valence-corrected chi connectivity index (χ0v) is 18.8. The molecule has 1 aromatic heterocycles. The highest BCUT2D eigenvalue weighted by molar-refractivity contribution is 6.00. The van der Waals surface area contributed by atoms with Crippen LogP contribution < -0.4 is 4.90 Å². The highest BCUT2D eigenvalue weighted by Crippen LogP contribution is 2.33. The highest BCUT2D eigenvalue weighted by Gasteiger charge is 2.33. The molecule has 2 amide bonds. The fraction of sp³-hybridized carbons (Fsp3) is 0.520. The molecule has 164 valence electrons.